The molecule has 0 spiro atoms. The molecule has 2 saturated heterocycles. The smallest absolute Gasteiger partial charge is 0.311 e. The molecule has 2 aliphatic rings. The molecule has 10 rings (SSSR count). The number of carbonyl (C=O) groups excluding carboxylic acids is 7. The van der Waals surface area contributed by atoms with Crippen LogP contribution in [0, 0.1) is 70.8 Å². The number of carbonyl (C=O) groups is 7. The molecular formula is C102H125N15O28. The normalized spacial score (nSPS) is 12.2. The lowest BCUT2D eigenvalue weighted by Crippen LogP contribution is -2.34. The Balaban J connectivity index is 0.000000353. The Labute approximate surface area is 840 Å². The number of nitrogens with zero attached hydrogens (tertiary/aromatic N) is 15. The third-order valence-corrected chi connectivity index (χ3v) is 22.0. The van der Waals surface area contributed by atoms with Gasteiger partial charge in [0, 0.05) is 156 Å². The maximum atomic E-state index is 12.2. The molecule has 43 nitrogen and oxygen atoms in total. The van der Waals surface area contributed by atoms with Gasteiger partial charge in [0.05, 0.1) is 119 Å². The third kappa shape index (κ3) is 38.4. The molecule has 776 valence electrons. The second-order valence-corrected chi connectivity index (χ2v) is 31.1. The molecule has 145 heavy (non-hydrogen) atoms. The first-order valence-corrected chi connectivity index (χ1v) is 46.0. The van der Waals surface area contributed by atoms with E-state index in [1.54, 1.807) is 135 Å². The highest BCUT2D eigenvalue weighted by atomic mass is 16.7. The first-order chi connectivity index (χ1) is 69.2. The molecule has 0 saturated carbocycles. The molecule has 0 aliphatic carbocycles. The highest BCUT2D eigenvalue weighted by Crippen LogP contribution is 2.35. The van der Waals surface area contributed by atoms with Gasteiger partial charge in [-0.2, -0.15) is 0 Å². The number of rotatable bonds is 36. The number of imidazole rings is 1. The summed E-state index contributed by atoms with van der Waals surface area (Å²) in [6.45, 7) is 28.2. The minimum Gasteiger partial charge on any atom is -0.497 e. The van der Waals surface area contributed by atoms with Gasteiger partial charge in [-0.1, -0.05) is 24.3 Å². The Morgan fingerprint density at radius 1 is 0.324 bits per heavy atom. The number of nitro benzene ring substituents is 7. The van der Waals surface area contributed by atoms with Crippen LogP contribution < -0.4 is 33.2 Å². The van der Waals surface area contributed by atoms with Crippen molar-refractivity contribution in [3.8, 4) is 40.2 Å². The maximum absolute atomic E-state index is 12.2. The van der Waals surface area contributed by atoms with Crippen LogP contribution >= 0.6 is 0 Å². The fourth-order valence-electron chi connectivity index (χ4n) is 14.0. The highest BCUT2D eigenvalue weighted by Gasteiger charge is 2.25. The van der Waals surface area contributed by atoms with E-state index in [1.807, 2.05) is 55.4 Å². The standard InChI is InChI=1S/2C15H18N2O4.2C15H20N2O4.C14H13N3O4.2C14H18N2O4/c1-21-13-7-5-12(14(11-13)17(19)20)6-8-15(18)16-9-3-2-4-10-16;1-21-14-7-5-12(11-13(14)17(19)20)6-8-15(18)16-9-3-2-4-10-16;1-5-16(6-2)15(18)11(3)9-12-7-8-13(21-4)10-14(12)17(19)20;1-5-16(6-2)15(18)11(3)9-12-7-8-14(21-4)13(10-12)17(19)20;1-10(14(18)16-6-5-15-9-16)7-11-3-4-13(21-2)12(8-11)17(19)20;1-4-15(5-2)14(17)9-7-11-6-8-12(20-3)10-13(11)16(18)19;1-4-15(5-2)14(17)9-7-11-6-8-13(20-3)12(10-11)16(18)19/h2*5-8,11H,2-4,9-10H2,1H3;2*7-10H,5-6H2,1-4H3;3-9H,1-2H3;2*6-10H,4-5H2,1-3H3/b2*8-6+;2*11-9+;10-7+;2*9-7+. The van der Waals surface area contributed by atoms with E-state index in [0.29, 0.717) is 125 Å². The van der Waals surface area contributed by atoms with Crippen LogP contribution in [0.25, 0.3) is 42.5 Å². The Bertz CT molecular complexity index is 6020. The molecule has 7 aromatic carbocycles. The number of likely N-dealkylation sites (tertiary alicyclic amines) is 2. The molecule has 6 amide bonds. The molecule has 1 aromatic heterocycles. The van der Waals surface area contributed by atoms with Gasteiger partial charge in [0.2, 0.25) is 35.4 Å². The quantitative estimate of drug-likeness (QED) is 0.0200. The Morgan fingerprint density at radius 3 is 0.917 bits per heavy atom. The van der Waals surface area contributed by atoms with Gasteiger partial charge >= 0.3 is 22.7 Å². The molecule has 0 atom stereocenters. The molecule has 2 fully saturated rings. The first kappa shape index (κ1) is 120. The minimum absolute atomic E-state index is 0.0480. The van der Waals surface area contributed by atoms with Crippen LogP contribution in [0.15, 0.2) is 187 Å². The average Bonchev–Trinajstić information content (AvgIpc) is 1.27. The van der Waals surface area contributed by atoms with Gasteiger partial charge < -0.3 is 62.6 Å². The van der Waals surface area contributed by atoms with Crippen molar-refractivity contribution in [3.63, 3.8) is 0 Å². The lowest BCUT2D eigenvalue weighted by molar-refractivity contribution is -0.385. The van der Waals surface area contributed by atoms with Crippen LogP contribution in [0.2, 0.25) is 0 Å². The molecular weight excluding hydrogens is 1880 g/mol. The predicted octanol–water partition coefficient (Wildman–Crippen LogP) is 18.5. The van der Waals surface area contributed by atoms with Crippen molar-refractivity contribution in [2.75, 3.05) is 128 Å². The highest BCUT2D eigenvalue weighted by molar-refractivity contribution is 6.00. The van der Waals surface area contributed by atoms with Crippen molar-refractivity contribution in [2.45, 2.75) is 115 Å². The average molecular weight is 2010 g/mol. The molecule has 3 heterocycles. The van der Waals surface area contributed by atoms with Crippen molar-refractivity contribution < 1.29 is 101 Å². The molecule has 0 bridgehead atoms. The van der Waals surface area contributed by atoms with E-state index < -0.39 is 34.5 Å². The maximum Gasteiger partial charge on any atom is 0.311 e. The van der Waals surface area contributed by atoms with E-state index in [9.17, 15) is 104 Å². The van der Waals surface area contributed by atoms with Gasteiger partial charge in [-0.25, -0.2) is 4.98 Å². The lowest BCUT2D eigenvalue weighted by Gasteiger charge is -2.25. The van der Waals surface area contributed by atoms with Gasteiger partial charge in [0.15, 0.2) is 23.0 Å². The molecule has 43 heteroatoms. The molecule has 2 aliphatic heterocycles. The Kier molecular flexibility index (Phi) is 52.0. The van der Waals surface area contributed by atoms with Crippen molar-refractivity contribution in [3.05, 3.63) is 297 Å². The van der Waals surface area contributed by atoms with Crippen molar-refractivity contribution in [1.29, 1.82) is 0 Å². The summed E-state index contributed by atoms with van der Waals surface area (Å²) in [6, 6.07) is 31.9. The topological polar surface area (TPSA) is 523 Å². The minimum atomic E-state index is -0.525. The summed E-state index contributed by atoms with van der Waals surface area (Å²) in [6.07, 6.45) is 27.4. The van der Waals surface area contributed by atoms with E-state index in [4.69, 9.17) is 33.2 Å². The van der Waals surface area contributed by atoms with Gasteiger partial charge in [-0.05, 0) is 240 Å². The van der Waals surface area contributed by atoms with E-state index in [-0.39, 0.29) is 104 Å². The van der Waals surface area contributed by atoms with Crippen molar-refractivity contribution >= 4 is 124 Å². The van der Waals surface area contributed by atoms with Gasteiger partial charge in [0.25, 0.3) is 23.0 Å². The zero-order valence-electron chi connectivity index (χ0n) is 84.6. The summed E-state index contributed by atoms with van der Waals surface area (Å²) in [7, 11) is 9.86. The van der Waals surface area contributed by atoms with Crippen LogP contribution in [-0.2, 0) is 28.8 Å². The van der Waals surface area contributed by atoms with Gasteiger partial charge in [-0.15, -0.1) is 0 Å². The number of likely N-dealkylation sites (N-methyl/N-ethyl adjacent to an activating group) is 4. The Hall–Kier alpha value is -17.2. The SMILES string of the molecule is CCN(CC)C(=O)/C(C)=C/c1ccc(OC)c([N+](=O)[O-])c1.CCN(CC)C(=O)/C(C)=C/c1ccc(OC)cc1[N+](=O)[O-].CCN(CC)C(=O)/C=C/c1ccc(OC)c([N+](=O)[O-])c1.CCN(CC)C(=O)/C=C/c1ccc(OC)cc1[N+](=O)[O-].COc1ccc(/C=C(\C)C(=O)n2ccnc2)cc1[N+](=O)[O-].COc1ccc(/C=C/C(=O)N2CCCCC2)c([N+](=O)[O-])c1.COc1ccc(/C=C/C(=O)N2CCCCC2)cc1[N+](=O)[O-]. The van der Waals surface area contributed by atoms with Gasteiger partial charge in [-0.3, -0.25) is 109 Å². The van der Waals surface area contributed by atoms with E-state index >= 15 is 0 Å². The van der Waals surface area contributed by atoms with Gasteiger partial charge in [0.1, 0.15) is 23.6 Å². The van der Waals surface area contributed by atoms with Crippen LogP contribution in [0.5, 0.6) is 40.2 Å². The summed E-state index contributed by atoms with van der Waals surface area (Å²) in [4.78, 5) is 172. The van der Waals surface area contributed by atoms with Crippen LogP contribution in [0.3, 0.4) is 0 Å². The first-order valence-electron chi connectivity index (χ1n) is 46.0. The van der Waals surface area contributed by atoms with Crippen LogP contribution in [-0.4, -0.2) is 243 Å². The Morgan fingerprint density at radius 2 is 0.607 bits per heavy atom. The number of allylic oxidation sites excluding steroid dienone is 1. The predicted molar refractivity (Wildman–Crippen MR) is 550 cm³/mol. The number of hydrogen-bond donors (Lipinski definition) is 0. The second kappa shape index (κ2) is 62.8. The summed E-state index contributed by atoms with van der Waals surface area (Å²) >= 11 is 0. The molecule has 0 radical (unpaired) electrons. The number of nitro groups is 7. The van der Waals surface area contributed by atoms with E-state index in [0.717, 1.165) is 64.7 Å². The number of amides is 6. The number of aromatic nitrogens is 2. The van der Waals surface area contributed by atoms with E-state index in [1.165, 1.54) is 182 Å². The van der Waals surface area contributed by atoms with E-state index in [2.05, 4.69) is 4.98 Å². The summed E-state index contributed by atoms with van der Waals surface area (Å²) in [5.41, 5.74) is 4.20. The molecule has 0 unspecified atom stereocenters. The lowest BCUT2D eigenvalue weighted by atomic mass is 10.1. The monoisotopic (exact) mass is 2010 g/mol. The number of methoxy groups -OCH3 is 7. The number of hydrogen-bond acceptors (Lipinski definition) is 29. The summed E-state index contributed by atoms with van der Waals surface area (Å²) in [5, 5.41) is 77.0. The number of benzene rings is 7. The fourth-order valence-corrected chi connectivity index (χ4v) is 14.0. The zero-order chi connectivity index (χ0) is 108. The van der Waals surface area contributed by atoms with Crippen LogP contribution in [0.1, 0.15) is 158 Å². The fraction of sp³-hybridized carbons (Fsp3) is 0.353. The molecule has 8 aromatic rings. The van der Waals surface area contributed by atoms with Crippen LogP contribution in [0.4, 0.5) is 39.8 Å². The summed E-state index contributed by atoms with van der Waals surface area (Å²) < 4.78 is 36.0. The largest absolute Gasteiger partial charge is 0.497 e. The second-order valence-electron chi connectivity index (χ2n) is 31.1. The third-order valence-electron chi connectivity index (χ3n) is 22.0. The summed E-state index contributed by atoms with van der Waals surface area (Å²) in [5.74, 6) is 1.15. The number of piperidine rings is 2. The van der Waals surface area contributed by atoms with Crippen molar-refractivity contribution in [1.82, 2.24) is 39.0 Å². The number of ether oxygens (including phenoxy) is 7. The van der Waals surface area contributed by atoms with Crippen molar-refractivity contribution in [2.24, 2.45) is 0 Å². The molecule has 0 N–H and O–H groups in total. The zero-order valence-corrected chi connectivity index (χ0v) is 84.6.